The molecule has 1 amide bonds. The van der Waals surface area contributed by atoms with Gasteiger partial charge in [-0.25, -0.2) is 9.97 Å². The molecule has 0 unspecified atom stereocenters. The second kappa shape index (κ2) is 7.13. The summed E-state index contributed by atoms with van der Waals surface area (Å²) in [4.78, 5) is 33.3. The van der Waals surface area contributed by atoms with Crippen LogP contribution in [-0.2, 0) is 11.3 Å². The molecule has 2 aromatic heterocycles. The van der Waals surface area contributed by atoms with E-state index in [-0.39, 0.29) is 18.0 Å². The van der Waals surface area contributed by atoms with Crippen molar-refractivity contribution in [3.05, 3.63) is 76.8 Å². The van der Waals surface area contributed by atoms with Gasteiger partial charge in [-0.05, 0) is 24.6 Å². The normalized spacial score (nSPS) is 10.9. The van der Waals surface area contributed by atoms with Crippen LogP contribution in [0.4, 0.5) is 5.13 Å². The van der Waals surface area contributed by atoms with E-state index in [1.165, 1.54) is 28.3 Å². The highest BCUT2D eigenvalue weighted by Gasteiger charge is 2.10. The number of nitrogens with one attached hydrogen (secondary N) is 1. The summed E-state index contributed by atoms with van der Waals surface area (Å²) < 4.78 is 2.29. The van der Waals surface area contributed by atoms with Crippen LogP contribution in [0, 0.1) is 6.92 Å². The lowest BCUT2D eigenvalue weighted by atomic mass is 10.1. The first kappa shape index (κ1) is 17.1. The van der Waals surface area contributed by atoms with Crippen LogP contribution in [0.3, 0.4) is 0 Å². The van der Waals surface area contributed by atoms with Crippen LogP contribution in [0.2, 0.25) is 0 Å². The molecule has 0 spiro atoms. The van der Waals surface area contributed by atoms with Gasteiger partial charge in [-0.2, -0.15) is 0 Å². The second-order valence-corrected chi connectivity index (χ2v) is 7.18. The van der Waals surface area contributed by atoms with E-state index in [0.717, 1.165) is 21.3 Å². The number of carbonyl (C=O) groups excluding carboxylic acids is 1. The smallest absolute Gasteiger partial charge is 0.254 e. The summed E-state index contributed by atoms with van der Waals surface area (Å²) in [7, 11) is 0. The predicted molar refractivity (Wildman–Crippen MR) is 107 cm³/mol. The van der Waals surface area contributed by atoms with Crippen molar-refractivity contribution in [1.82, 2.24) is 14.5 Å². The molecular formula is C20H16N4O2S. The fraction of sp³-hybridized carbons (Fsp3) is 0.100. The number of hydrogen-bond acceptors (Lipinski definition) is 5. The highest BCUT2D eigenvalue weighted by atomic mass is 32.1. The first-order valence-electron chi connectivity index (χ1n) is 8.37. The van der Waals surface area contributed by atoms with Crippen LogP contribution in [0.25, 0.3) is 21.5 Å². The van der Waals surface area contributed by atoms with E-state index >= 15 is 0 Å². The third kappa shape index (κ3) is 3.78. The molecule has 0 bridgehead atoms. The van der Waals surface area contributed by atoms with Gasteiger partial charge in [-0.15, -0.1) is 0 Å². The summed E-state index contributed by atoms with van der Waals surface area (Å²) in [5, 5.41) is 3.27. The van der Waals surface area contributed by atoms with Gasteiger partial charge in [0.15, 0.2) is 5.13 Å². The maximum Gasteiger partial charge on any atom is 0.254 e. The largest absolute Gasteiger partial charge is 0.300 e. The molecule has 0 aliphatic rings. The zero-order chi connectivity index (χ0) is 18.8. The van der Waals surface area contributed by atoms with Gasteiger partial charge in [0.1, 0.15) is 6.54 Å². The Hall–Kier alpha value is -3.32. The number of aryl methyl sites for hydroxylation is 1. The highest BCUT2D eigenvalue weighted by Crippen LogP contribution is 2.26. The average Bonchev–Trinajstić information content (AvgIpc) is 3.05. The fourth-order valence-corrected chi connectivity index (χ4v) is 3.69. The predicted octanol–water partition coefficient (Wildman–Crippen LogP) is 3.47. The number of benzene rings is 2. The van der Waals surface area contributed by atoms with Crippen LogP contribution in [0.15, 0.2) is 65.7 Å². The molecular weight excluding hydrogens is 360 g/mol. The Kier molecular flexibility index (Phi) is 4.52. The number of rotatable bonds is 4. The van der Waals surface area contributed by atoms with E-state index < -0.39 is 0 Å². The van der Waals surface area contributed by atoms with Crippen molar-refractivity contribution in [3.63, 3.8) is 0 Å². The van der Waals surface area contributed by atoms with Gasteiger partial charge >= 0.3 is 0 Å². The second-order valence-electron chi connectivity index (χ2n) is 6.14. The van der Waals surface area contributed by atoms with E-state index in [1.54, 1.807) is 0 Å². The number of fused-ring (bicyclic) bond motifs is 1. The lowest BCUT2D eigenvalue weighted by Crippen LogP contribution is -2.27. The summed E-state index contributed by atoms with van der Waals surface area (Å²) in [6.45, 7) is 1.89. The van der Waals surface area contributed by atoms with E-state index in [2.05, 4.69) is 15.3 Å². The molecule has 0 fully saturated rings. The Labute approximate surface area is 159 Å². The zero-order valence-corrected chi connectivity index (χ0v) is 15.4. The topological polar surface area (TPSA) is 76.9 Å². The van der Waals surface area contributed by atoms with Crippen molar-refractivity contribution in [2.45, 2.75) is 13.5 Å². The summed E-state index contributed by atoms with van der Waals surface area (Å²) in [6.07, 6.45) is 1.39. The summed E-state index contributed by atoms with van der Waals surface area (Å²) in [5.41, 5.74) is 3.14. The van der Waals surface area contributed by atoms with Crippen LogP contribution >= 0.6 is 11.3 Å². The van der Waals surface area contributed by atoms with Crippen molar-refractivity contribution < 1.29 is 4.79 Å². The van der Waals surface area contributed by atoms with E-state index in [0.29, 0.717) is 10.8 Å². The van der Waals surface area contributed by atoms with Crippen molar-refractivity contribution in [1.29, 1.82) is 0 Å². The minimum absolute atomic E-state index is 0.115. The van der Waals surface area contributed by atoms with Crippen molar-refractivity contribution >= 4 is 32.6 Å². The Balaban J connectivity index is 1.49. The summed E-state index contributed by atoms with van der Waals surface area (Å²) in [5.74, 6) is -0.317. The third-order valence-electron chi connectivity index (χ3n) is 4.05. The molecule has 2 heterocycles. The summed E-state index contributed by atoms with van der Waals surface area (Å²) >= 11 is 1.41. The molecule has 0 aliphatic heterocycles. The summed E-state index contributed by atoms with van der Waals surface area (Å²) in [6, 6.07) is 16.8. The monoisotopic (exact) mass is 376 g/mol. The molecule has 4 aromatic rings. The first-order chi connectivity index (χ1) is 13.1. The van der Waals surface area contributed by atoms with Gasteiger partial charge in [-0.3, -0.25) is 14.2 Å². The number of nitrogens with zero attached hydrogens (tertiary/aromatic N) is 3. The van der Waals surface area contributed by atoms with Crippen molar-refractivity contribution in [3.8, 4) is 11.3 Å². The van der Waals surface area contributed by atoms with Gasteiger partial charge < -0.3 is 5.32 Å². The highest BCUT2D eigenvalue weighted by molar-refractivity contribution is 7.22. The lowest BCUT2D eigenvalue weighted by Gasteiger charge is -2.06. The fourth-order valence-electron chi connectivity index (χ4n) is 2.71. The molecule has 7 heteroatoms. The number of carbonyl (C=O) groups is 1. The number of anilines is 1. The van der Waals surface area contributed by atoms with Gasteiger partial charge in [0.25, 0.3) is 5.56 Å². The SMILES string of the molecule is Cc1ccc2nc(NC(=O)Cn3cnc(-c4ccccc4)cc3=O)sc2c1. The van der Waals surface area contributed by atoms with Crippen LogP contribution in [-0.4, -0.2) is 20.4 Å². The molecule has 0 aliphatic carbocycles. The zero-order valence-electron chi connectivity index (χ0n) is 14.5. The number of hydrogen-bond donors (Lipinski definition) is 1. The maximum atomic E-state index is 12.3. The van der Waals surface area contributed by atoms with Crippen molar-refractivity contribution in [2.75, 3.05) is 5.32 Å². The van der Waals surface area contributed by atoms with Crippen LogP contribution < -0.4 is 10.9 Å². The van der Waals surface area contributed by atoms with Gasteiger partial charge in [0.05, 0.1) is 22.2 Å². The van der Waals surface area contributed by atoms with E-state index in [1.807, 2.05) is 55.5 Å². The number of amides is 1. The molecule has 4 rings (SSSR count). The molecule has 0 saturated heterocycles. The quantitative estimate of drug-likeness (QED) is 0.592. The van der Waals surface area contributed by atoms with Gasteiger partial charge in [0.2, 0.25) is 5.91 Å². The molecule has 6 nitrogen and oxygen atoms in total. The first-order valence-corrected chi connectivity index (χ1v) is 9.19. The maximum absolute atomic E-state index is 12.3. The molecule has 134 valence electrons. The van der Waals surface area contributed by atoms with Gasteiger partial charge in [0, 0.05) is 11.6 Å². The molecule has 1 N–H and O–H groups in total. The molecule has 0 radical (unpaired) electrons. The Morgan fingerprint density at radius 1 is 1.15 bits per heavy atom. The molecule has 0 saturated carbocycles. The average molecular weight is 376 g/mol. The molecule has 2 aromatic carbocycles. The Bertz CT molecular complexity index is 1180. The van der Waals surface area contributed by atoms with Crippen molar-refractivity contribution in [2.24, 2.45) is 0 Å². The molecule has 0 atom stereocenters. The van der Waals surface area contributed by atoms with E-state index in [9.17, 15) is 9.59 Å². The van der Waals surface area contributed by atoms with Crippen LogP contribution in [0.5, 0.6) is 0 Å². The Morgan fingerprint density at radius 3 is 2.74 bits per heavy atom. The lowest BCUT2D eigenvalue weighted by molar-refractivity contribution is -0.116. The standard InChI is InChI=1S/C20H16N4O2S/c1-13-7-8-15-17(9-13)27-20(22-15)23-18(25)11-24-12-21-16(10-19(24)26)14-5-3-2-4-6-14/h2-10,12H,11H2,1H3,(H,22,23,25). The molecule has 27 heavy (non-hydrogen) atoms. The van der Waals surface area contributed by atoms with E-state index in [4.69, 9.17) is 0 Å². The third-order valence-corrected chi connectivity index (χ3v) is 4.99. The minimum atomic E-state index is -0.317. The number of aromatic nitrogens is 3. The van der Waals surface area contributed by atoms with Crippen LogP contribution in [0.1, 0.15) is 5.56 Å². The minimum Gasteiger partial charge on any atom is -0.300 e. The number of thiazole rings is 1. The van der Waals surface area contributed by atoms with Gasteiger partial charge in [-0.1, -0.05) is 47.7 Å². The Morgan fingerprint density at radius 2 is 1.96 bits per heavy atom.